The number of hydrogen-bond donors (Lipinski definition) is 0. The topological polar surface area (TPSA) is 52.6 Å². The maximum absolute atomic E-state index is 11.7. The van der Waals surface area contributed by atoms with E-state index in [0.29, 0.717) is 6.42 Å². The van der Waals surface area contributed by atoms with Crippen LogP contribution >= 0.6 is 0 Å². The Labute approximate surface area is 104 Å². The second-order valence-electron chi connectivity index (χ2n) is 5.12. The quantitative estimate of drug-likeness (QED) is 0.510. The fourth-order valence-electron chi connectivity index (χ4n) is 1.41. The monoisotopic (exact) mass is 244 g/mol. The van der Waals surface area contributed by atoms with E-state index in [4.69, 9.17) is 4.74 Å². The molecular weight excluding hydrogens is 220 g/mol. The SMILES string of the molecule is COC(=O)CCCCC(C)(C)C(=O)OC(C)C. The van der Waals surface area contributed by atoms with Gasteiger partial charge >= 0.3 is 11.9 Å². The molecule has 0 aliphatic heterocycles. The lowest BCUT2D eigenvalue weighted by Crippen LogP contribution is -2.28. The van der Waals surface area contributed by atoms with Crippen molar-refractivity contribution in [2.24, 2.45) is 5.41 Å². The van der Waals surface area contributed by atoms with E-state index in [2.05, 4.69) is 4.74 Å². The van der Waals surface area contributed by atoms with Gasteiger partial charge in [-0.1, -0.05) is 6.42 Å². The highest BCUT2D eigenvalue weighted by Gasteiger charge is 2.29. The van der Waals surface area contributed by atoms with Crippen LogP contribution in [-0.4, -0.2) is 25.2 Å². The highest BCUT2D eigenvalue weighted by atomic mass is 16.5. The van der Waals surface area contributed by atoms with Crippen LogP contribution < -0.4 is 0 Å². The normalized spacial score (nSPS) is 11.4. The smallest absolute Gasteiger partial charge is 0.311 e. The van der Waals surface area contributed by atoms with Crippen LogP contribution in [0.5, 0.6) is 0 Å². The summed E-state index contributed by atoms with van der Waals surface area (Å²) in [4.78, 5) is 22.6. The molecule has 0 amide bonds. The molecule has 0 aromatic rings. The van der Waals surface area contributed by atoms with E-state index in [1.807, 2.05) is 27.7 Å². The third kappa shape index (κ3) is 6.97. The molecular formula is C13H24O4. The lowest BCUT2D eigenvalue weighted by atomic mass is 9.87. The van der Waals surface area contributed by atoms with Crippen molar-refractivity contribution in [3.8, 4) is 0 Å². The predicted octanol–water partition coefficient (Wildman–Crippen LogP) is 2.70. The minimum absolute atomic E-state index is 0.0863. The van der Waals surface area contributed by atoms with Crippen molar-refractivity contribution >= 4 is 11.9 Å². The van der Waals surface area contributed by atoms with Crippen molar-refractivity contribution in [2.75, 3.05) is 7.11 Å². The number of hydrogen-bond acceptors (Lipinski definition) is 4. The van der Waals surface area contributed by atoms with Crippen molar-refractivity contribution in [3.63, 3.8) is 0 Å². The number of rotatable bonds is 7. The Morgan fingerprint density at radius 2 is 1.76 bits per heavy atom. The molecule has 0 atom stereocenters. The number of carbonyl (C=O) groups is 2. The van der Waals surface area contributed by atoms with Crippen LogP contribution in [0.2, 0.25) is 0 Å². The first-order chi connectivity index (χ1) is 7.79. The van der Waals surface area contributed by atoms with Gasteiger partial charge in [-0.25, -0.2) is 0 Å². The summed E-state index contributed by atoms with van der Waals surface area (Å²) in [6.45, 7) is 7.42. The van der Waals surface area contributed by atoms with Crippen molar-refractivity contribution in [1.82, 2.24) is 0 Å². The zero-order valence-electron chi connectivity index (χ0n) is 11.5. The lowest BCUT2D eigenvalue weighted by Gasteiger charge is -2.23. The Kier molecular flexibility index (Phi) is 6.85. The number of carbonyl (C=O) groups excluding carboxylic acids is 2. The molecule has 0 aromatic heterocycles. The molecule has 0 saturated heterocycles. The Hall–Kier alpha value is -1.06. The van der Waals surface area contributed by atoms with Crippen LogP contribution in [0.15, 0.2) is 0 Å². The second kappa shape index (κ2) is 7.30. The predicted molar refractivity (Wildman–Crippen MR) is 65.5 cm³/mol. The largest absolute Gasteiger partial charge is 0.469 e. The Balaban J connectivity index is 3.92. The van der Waals surface area contributed by atoms with Gasteiger partial charge < -0.3 is 9.47 Å². The summed E-state index contributed by atoms with van der Waals surface area (Å²) in [5, 5.41) is 0. The van der Waals surface area contributed by atoms with Gasteiger partial charge in [0.25, 0.3) is 0 Å². The zero-order valence-corrected chi connectivity index (χ0v) is 11.5. The molecule has 0 saturated carbocycles. The second-order valence-corrected chi connectivity index (χ2v) is 5.12. The van der Waals surface area contributed by atoms with E-state index in [-0.39, 0.29) is 18.0 Å². The molecule has 0 aromatic carbocycles. The summed E-state index contributed by atoms with van der Waals surface area (Å²) in [6.07, 6.45) is 2.60. The van der Waals surface area contributed by atoms with E-state index in [1.165, 1.54) is 7.11 Å². The molecule has 0 heterocycles. The number of methoxy groups -OCH3 is 1. The van der Waals surface area contributed by atoms with Gasteiger partial charge in [0.1, 0.15) is 0 Å². The zero-order chi connectivity index (χ0) is 13.5. The van der Waals surface area contributed by atoms with Gasteiger partial charge in [-0.15, -0.1) is 0 Å². The van der Waals surface area contributed by atoms with Gasteiger partial charge in [0.15, 0.2) is 0 Å². The van der Waals surface area contributed by atoms with Crippen LogP contribution in [-0.2, 0) is 19.1 Å². The van der Waals surface area contributed by atoms with Gasteiger partial charge in [0.2, 0.25) is 0 Å². The number of unbranched alkanes of at least 4 members (excludes halogenated alkanes) is 1. The van der Waals surface area contributed by atoms with E-state index < -0.39 is 5.41 Å². The first kappa shape index (κ1) is 15.9. The van der Waals surface area contributed by atoms with Crippen LogP contribution in [0.4, 0.5) is 0 Å². The third-order valence-corrected chi connectivity index (χ3v) is 2.56. The van der Waals surface area contributed by atoms with Crippen LogP contribution in [0, 0.1) is 5.41 Å². The minimum atomic E-state index is -0.486. The molecule has 0 aliphatic rings. The van der Waals surface area contributed by atoms with Crippen molar-refractivity contribution < 1.29 is 19.1 Å². The molecule has 4 heteroatoms. The first-order valence-electron chi connectivity index (χ1n) is 6.07. The molecule has 0 N–H and O–H groups in total. The van der Waals surface area contributed by atoms with Crippen LogP contribution in [0.1, 0.15) is 53.4 Å². The number of esters is 2. The standard InChI is InChI=1S/C13H24O4/c1-10(2)17-12(15)13(3,4)9-7-6-8-11(14)16-5/h10H,6-9H2,1-5H3. The van der Waals surface area contributed by atoms with E-state index >= 15 is 0 Å². The van der Waals surface area contributed by atoms with Gasteiger partial charge in [-0.3, -0.25) is 9.59 Å². The molecule has 0 radical (unpaired) electrons. The van der Waals surface area contributed by atoms with E-state index in [1.54, 1.807) is 0 Å². The van der Waals surface area contributed by atoms with E-state index in [0.717, 1.165) is 19.3 Å². The molecule has 100 valence electrons. The summed E-state index contributed by atoms with van der Waals surface area (Å²) in [5.74, 6) is -0.377. The van der Waals surface area contributed by atoms with Gasteiger partial charge in [-0.2, -0.15) is 0 Å². The van der Waals surface area contributed by atoms with Gasteiger partial charge in [0, 0.05) is 6.42 Å². The fourth-order valence-corrected chi connectivity index (χ4v) is 1.41. The summed E-state index contributed by atoms with van der Waals surface area (Å²) < 4.78 is 9.74. The molecule has 0 fully saturated rings. The minimum Gasteiger partial charge on any atom is -0.469 e. The first-order valence-corrected chi connectivity index (χ1v) is 6.07. The molecule has 0 unspecified atom stereocenters. The average Bonchev–Trinajstić information content (AvgIpc) is 2.23. The lowest BCUT2D eigenvalue weighted by molar-refractivity contribution is -0.158. The Morgan fingerprint density at radius 1 is 1.18 bits per heavy atom. The third-order valence-electron chi connectivity index (χ3n) is 2.56. The summed E-state index contributed by atoms with van der Waals surface area (Å²) in [6, 6.07) is 0. The van der Waals surface area contributed by atoms with Gasteiger partial charge in [-0.05, 0) is 40.5 Å². The van der Waals surface area contributed by atoms with Crippen LogP contribution in [0.3, 0.4) is 0 Å². The maximum atomic E-state index is 11.7. The summed E-state index contributed by atoms with van der Waals surface area (Å²) >= 11 is 0. The fraction of sp³-hybridized carbons (Fsp3) is 0.846. The highest BCUT2D eigenvalue weighted by molar-refractivity contribution is 5.76. The Morgan fingerprint density at radius 3 is 2.24 bits per heavy atom. The average molecular weight is 244 g/mol. The molecule has 0 aliphatic carbocycles. The van der Waals surface area contributed by atoms with Crippen molar-refractivity contribution in [1.29, 1.82) is 0 Å². The summed E-state index contributed by atoms with van der Waals surface area (Å²) in [5.41, 5.74) is -0.486. The van der Waals surface area contributed by atoms with Crippen molar-refractivity contribution in [3.05, 3.63) is 0 Å². The van der Waals surface area contributed by atoms with Crippen molar-refractivity contribution in [2.45, 2.75) is 59.5 Å². The Bertz CT molecular complexity index is 256. The molecule has 0 bridgehead atoms. The molecule has 0 spiro atoms. The molecule has 0 rings (SSSR count). The maximum Gasteiger partial charge on any atom is 0.311 e. The van der Waals surface area contributed by atoms with Gasteiger partial charge in [0.05, 0.1) is 18.6 Å². The number of ether oxygens (including phenoxy) is 2. The summed E-state index contributed by atoms with van der Waals surface area (Å²) in [7, 11) is 1.38. The molecule has 17 heavy (non-hydrogen) atoms. The van der Waals surface area contributed by atoms with Crippen LogP contribution in [0.25, 0.3) is 0 Å². The highest BCUT2D eigenvalue weighted by Crippen LogP contribution is 2.26. The van der Waals surface area contributed by atoms with E-state index in [9.17, 15) is 9.59 Å². The molecule has 4 nitrogen and oxygen atoms in total.